The van der Waals surface area contributed by atoms with Gasteiger partial charge in [-0.05, 0) is 0 Å². The SMILES string of the molecule is CC1=[C-]C2=C(C1)C(c1ccccc1)CCCC2.CC1=[C-]C2=C(C1)C(c1ccccc1)CCCC2.C[Si](C)=[Zr+2]. The number of hydrogen-bond acceptors (Lipinski definition) is 0. The van der Waals surface area contributed by atoms with Gasteiger partial charge in [0.25, 0.3) is 0 Å². The molecule has 0 bridgehead atoms. The van der Waals surface area contributed by atoms with Crippen LogP contribution in [0, 0.1) is 12.2 Å². The summed E-state index contributed by atoms with van der Waals surface area (Å²) in [5.74, 6) is 1.30. The molecule has 0 saturated carbocycles. The molecule has 0 fully saturated rings. The fourth-order valence-electron chi connectivity index (χ4n) is 6.42. The van der Waals surface area contributed by atoms with Gasteiger partial charge in [0.2, 0.25) is 0 Å². The third-order valence-corrected chi connectivity index (χ3v) is 8.00. The molecule has 4 aliphatic carbocycles. The van der Waals surface area contributed by atoms with Gasteiger partial charge in [-0.1, -0.05) is 162 Å². The van der Waals surface area contributed by atoms with Crippen molar-refractivity contribution in [1.82, 2.24) is 0 Å². The summed E-state index contributed by atoms with van der Waals surface area (Å²) in [6.45, 7) is 9.05. The second-order valence-electron chi connectivity index (χ2n) is 11.6. The van der Waals surface area contributed by atoms with Gasteiger partial charge in [0.05, 0.1) is 0 Å². The van der Waals surface area contributed by atoms with Gasteiger partial charge in [-0.3, -0.25) is 0 Å². The summed E-state index contributed by atoms with van der Waals surface area (Å²) in [7, 11) is 0. The van der Waals surface area contributed by atoms with Crippen LogP contribution in [-0.2, 0) is 23.3 Å². The number of allylic oxidation sites excluding steroid dienone is 8. The fraction of sp³-hybridized carbons (Fsp3) is 0.444. The molecular formula is C36H44SiZr. The summed E-state index contributed by atoms with van der Waals surface area (Å²) in [6.07, 6.45) is 20.0. The molecule has 2 atom stereocenters. The minimum absolute atomic E-state index is 0.210. The van der Waals surface area contributed by atoms with Crippen LogP contribution in [-0.4, -0.2) is 5.43 Å². The van der Waals surface area contributed by atoms with E-state index in [1.807, 2.05) is 0 Å². The first-order chi connectivity index (χ1) is 18.4. The van der Waals surface area contributed by atoms with E-state index in [1.54, 1.807) is 34.5 Å². The molecule has 0 spiro atoms. The molecular weight excluding hydrogens is 552 g/mol. The zero-order valence-corrected chi connectivity index (χ0v) is 27.5. The maximum atomic E-state index is 3.59. The standard InChI is InChI=1S/2C17H19.C2H6Si.Zr/c2*1-13-11-15-9-5-6-10-16(17(15)12-13)14-7-3-2-4-8-14;1-3-2;/h2*2-4,7-8,16H,5-6,9-10,12H2,1H3;1-2H3;/q2*-1;;+2. The van der Waals surface area contributed by atoms with Crippen molar-refractivity contribution < 1.29 is 23.3 Å². The molecule has 0 nitrogen and oxygen atoms in total. The Morgan fingerprint density at radius 3 is 1.37 bits per heavy atom. The summed E-state index contributed by atoms with van der Waals surface area (Å²) >= 11 is 1.74. The van der Waals surface area contributed by atoms with Crippen LogP contribution in [0.15, 0.2) is 94.1 Å². The second-order valence-corrected chi connectivity index (χ2v) is 21.0. The van der Waals surface area contributed by atoms with Crippen LogP contribution in [0.3, 0.4) is 0 Å². The van der Waals surface area contributed by atoms with Crippen molar-refractivity contribution in [2.24, 2.45) is 0 Å². The molecule has 0 aromatic heterocycles. The molecule has 0 N–H and O–H groups in total. The maximum absolute atomic E-state index is 3.59. The van der Waals surface area contributed by atoms with E-state index in [2.05, 4.69) is 99.8 Å². The molecule has 2 aromatic carbocycles. The Hall–Kier alpha value is -1.50. The topological polar surface area (TPSA) is 0 Å². The van der Waals surface area contributed by atoms with E-state index in [-0.39, 0.29) is 5.43 Å². The molecule has 0 amide bonds. The van der Waals surface area contributed by atoms with E-state index in [9.17, 15) is 0 Å². The molecule has 0 aliphatic heterocycles. The first-order valence-electron chi connectivity index (χ1n) is 14.7. The van der Waals surface area contributed by atoms with Crippen LogP contribution in [0.2, 0.25) is 13.1 Å². The Balaban J connectivity index is 0.000000156. The Labute approximate surface area is 247 Å². The van der Waals surface area contributed by atoms with E-state index in [0.29, 0.717) is 11.8 Å². The zero-order valence-electron chi connectivity index (χ0n) is 24.0. The normalized spacial score (nSPS) is 22.5. The third-order valence-electron chi connectivity index (χ3n) is 8.00. The Kier molecular flexibility index (Phi) is 11.5. The predicted molar refractivity (Wildman–Crippen MR) is 161 cm³/mol. The van der Waals surface area contributed by atoms with E-state index in [4.69, 9.17) is 0 Å². The Morgan fingerprint density at radius 1 is 0.632 bits per heavy atom. The van der Waals surface area contributed by atoms with Gasteiger partial charge in [-0.15, -0.1) is 0 Å². The molecule has 0 heterocycles. The zero-order chi connectivity index (χ0) is 26.9. The van der Waals surface area contributed by atoms with Gasteiger partial charge < -0.3 is 0 Å². The molecule has 0 saturated heterocycles. The average Bonchev–Trinajstić information content (AvgIpc) is 3.31. The molecule has 2 unspecified atom stereocenters. The summed E-state index contributed by atoms with van der Waals surface area (Å²) in [4.78, 5) is 0. The van der Waals surface area contributed by atoms with Crippen LogP contribution >= 0.6 is 0 Å². The predicted octanol–water partition coefficient (Wildman–Crippen LogP) is 10.4. The van der Waals surface area contributed by atoms with Crippen LogP contribution in [0.5, 0.6) is 0 Å². The van der Waals surface area contributed by atoms with E-state index < -0.39 is 0 Å². The number of hydrogen-bond donors (Lipinski definition) is 0. The molecule has 2 heteroatoms. The van der Waals surface area contributed by atoms with E-state index in [0.717, 1.165) is 12.8 Å². The van der Waals surface area contributed by atoms with Crippen LogP contribution < -0.4 is 0 Å². The summed E-state index contributed by atoms with van der Waals surface area (Å²) in [5, 5.41) is 0. The van der Waals surface area contributed by atoms with Crippen LogP contribution in [0.1, 0.15) is 101 Å². The Morgan fingerprint density at radius 2 is 1.00 bits per heavy atom. The van der Waals surface area contributed by atoms with Crippen molar-refractivity contribution in [1.29, 1.82) is 0 Å². The quantitative estimate of drug-likeness (QED) is 0.239. The summed E-state index contributed by atoms with van der Waals surface area (Å²) in [6, 6.07) is 22.0. The van der Waals surface area contributed by atoms with Gasteiger partial charge >= 0.3 is 41.9 Å². The van der Waals surface area contributed by atoms with Gasteiger partial charge in [-0.2, -0.15) is 11.1 Å². The average molecular weight is 596 g/mol. The first-order valence-corrected chi connectivity index (χ1v) is 20.9. The molecule has 196 valence electrons. The van der Waals surface area contributed by atoms with Gasteiger partial charge in [-0.25, -0.2) is 34.4 Å². The fourth-order valence-corrected chi connectivity index (χ4v) is 6.42. The van der Waals surface area contributed by atoms with Crippen molar-refractivity contribution in [3.63, 3.8) is 0 Å². The summed E-state index contributed by atoms with van der Waals surface area (Å²) in [5.41, 5.74) is 12.4. The first kappa shape index (κ1) is 29.5. The molecule has 38 heavy (non-hydrogen) atoms. The van der Waals surface area contributed by atoms with Crippen molar-refractivity contribution in [3.8, 4) is 0 Å². The van der Waals surface area contributed by atoms with Crippen molar-refractivity contribution in [3.05, 3.63) is 117 Å². The van der Waals surface area contributed by atoms with E-state index in [1.165, 1.54) is 84.8 Å². The number of benzene rings is 2. The molecule has 2 aromatic rings. The van der Waals surface area contributed by atoms with Crippen LogP contribution in [0.4, 0.5) is 0 Å². The monoisotopic (exact) mass is 594 g/mol. The Bertz CT molecular complexity index is 1120. The second kappa shape index (κ2) is 14.8. The van der Waals surface area contributed by atoms with Gasteiger partial charge in [0, 0.05) is 0 Å². The summed E-state index contributed by atoms with van der Waals surface area (Å²) < 4.78 is 0. The van der Waals surface area contributed by atoms with Crippen molar-refractivity contribution >= 4 is 5.43 Å². The third kappa shape index (κ3) is 8.25. The number of rotatable bonds is 2. The molecule has 6 rings (SSSR count). The molecule has 4 aliphatic rings. The van der Waals surface area contributed by atoms with E-state index >= 15 is 0 Å². The van der Waals surface area contributed by atoms with Crippen molar-refractivity contribution in [2.75, 3.05) is 0 Å². The minimum atomic E-state index is 0.210. The van der Waals surface area contributed by atoms with Crippen LogP contribution in [0.25, 0.3) is 0 Å². The van der Waals surface area contributed by atoms with Gasteiger partial charge in [0.15, 0.2) is 0 Å². The van der Waals surface area contributed by atoms with Gasteiger partial charge in [0.1, 0.15) is 0 Å². The van der Waals surface area contributed by atoms with Crippen molar-refractivity contribution in [2.45, 2.75) is 103 Å². The molecule has 0 radical (unpaired) electrons.